The van der Waals surface area contributed by atoms with E-state index in [-0.39, 0.29) is 11.8 Å². The van der Waals surface area contributed by atoms with Crippen molar-refractivity contribution < 1.29 is 9.59 Å². The lowest BCUT2D eigenvalue weighted by Crippen LogP contribution is -2.51. The van der Waals surface area contributed by atoms with E-state index in [1.807, 2.05) is 35.8 Å². The fourth-order valence-corrected chi connectivity index (χ4v) is 3.22. The molecular formula is C18H25N7O2. The van der Waals surface area contributed by atoms with Crippen molar-refractivity contribution in [3.05, 3.63) is 36.2 Å². The second-order valence-corrected chi connectivity index (χ2v) is 6.44. The van der Waals surface area contributed by atoms with Crippen LogP contribution in [0.1, 0.15) is 24.2 Å². The average molecular weight is 371 g/mol. The second-order valence-electron chi connectivity index (χ2n) is 6.44. The standard InChI is InChI=1S/C18H25N7O2/c1-3-23(4-2)17(26)13-22-8-10-24(11-9-22)18(27)15-6-5-7-16(12-15)25-14-19-20-21-25/h5-7,12,14H,3-4,8-11,13H2,1-2H3. The first-order valence-electron chi connectivity index (χ1n) is 9.25. The molecule has 1 aliphatic heterocycles. The number of likely N-dealkylation sites (N-methyl/N-ethyl adjacent to an activating group) is 1. The number of aromatic nitrogens is 4. The van der Waals surface area contributed by atoms with Crippen molar-refractivity contribution in [3.63, 3.8) is 0 Å². The van der Waals surface area contributed by atoms with Crippen molar-refractivity contribution in [1.82, 2.24) is 34.9 Å². The molecule has 0 atom stereocenters. The number of hydrogen-bond acceptors (Lipinski definition) is 6. The van der Waals surface area contributed by atoms with Gasteiger partial charge in [0.25, 0.3) is 5.91 Å². The van der Waals surface area contributed by atoms with Crippen molar-refractivity contribution in [2.75, 3.05) is 45.8 Å². The maximum absolute atomic E-state index is 12.8. The Hall–Kier alpha value is -2.81. The molecule has 0 unspecified atom stereocenters. The van der Waals surface area contributed by atoms with Crippen LogP contribution in [0.3, 0.4) is 0 Å². The van der Waals surface area contributed by atoms with Crippen molar-refractivity contribution in [1.29, 1.82) is 0 Å². The third kappa shape index (κ3) is 4.48. The fraction of sp³-hybridized carbons (Fsp3) is 0.500. The maximum atomic E-state index is 12.8. The van der Waals surface area contributed by atoms with Crippen LogP contribution in [0.2, 0.25) is 0 Å². The molecule has 0 aliphatic carbocycles. The first kappa shape index (κ1) is 19.0. The Labute approximate surface area is 158 Å². The Morgan fingerprint density at radius 2 is 1.85 bits per heavy atom. The third-order valence-electron chi connectivity index (χ3n) is 4.84. The van der Waals surface area contributed by atoms with Crippen LogP contribution < -0.4 is 0 Å². The van der Waals surface area contributed by atoms with E-state index in [2.05, 4.69) is 20.4 Å². The minimum atomic E-state index is -0.0142. The highest BCUT2D eigenvalue weighted by Crippen LogP contribution is 2.13. The minimum absolute atomic E-state index is 0.0142. The molecule has 1 fully saturated rings. The molecule has 1 aliphatic rings. The zero-order chi connectivity index (χ0) is 19.2. The average Bonchev–Trinajstić information content (AvgIpc) is 3.24. The van der Waals surface area contributed by atoms with E-state index in [1.165, 1.54) is 11.0 Å². The molecule has 3 rings (SSSR count). The van der Waals surface area contributed by atoms with E-state index in [1.54, 1.807) is 12.1 Å². The van der Waals surface area contributed by atoms with Crippen LogP contribution in [-0.2, 0) is 4.79 Å². The largest absolute Gasteiger partial charge is 0.342 e. The monoisotopic (exact) mass is 371 g/mol. The first-order chi connectivity index (χ1) is 13.1. The summed E-state index contributed by atoms with van der Waals surface area (Å²) in [5.41, 5.74) is 1.35. The van der Waals surface area contributed by atoms with Crippen molar-refractivity contribution in [3.8, 4) is 5.69 Å². The maximum Gasteiger partial charge on any atom is 0.254 e. The predicted octanol–water partition coefficient (Wildman–Crippen LogP) is 0.289. The normalized spacial score (nSPS) is 15.0. The van der Waals surface area contributed by atoms with E-state index in [0.717, 1.165) is 18.8 Å². The molecule has 0 radical (unpaired) electrons. The number of carbonyl (C=O) groups is 2. The number of nitrogens with zero attached hydrogens (tertiary/aromatic N) is 7. The van der Waals surface area contributed by atoms with Gasteiger partial charge >= 0.3 is 0 Å². The summed E-state index contributed by atoms with van der Waals surface area (Å²) in [5, 5.41) is 11.1. The molecule has 1 aromatic carbocycles. The first-order valence-corrected chi connectivity index (χ1v) is 9.25. The van der Waals surface area contributed by atoms with Gasteiger partial charge < -0.3 is 9.80 Å². The number of tetrazole rings is 1. The Kier molecular flexibility index (Phi) is 6.12. The lowest BCUT2D eigenvalue weighted by atomic mass is 10.1. The van der Waals surface area contributed by atoms with Crippen LogP contribution in [0, 0.1) is 0 Å². The third-order valence-corrected chi connectivity index (χ3v) is 4.84. The highest BCUT2D eigenvalue weighted by molar-refractivity contribution is 5.94. The molecule has 0 spiro atoms. The number of carbonyl (C=O) groups excluding carboxylic acids is 2. The highest BCUT2D eigenvalue weighted by Gasteiger charge is 2.24. The smallest absolute Gasteiger partial charge is 0.254 e. The lowest BCUT2D eigenvalue weighted by molar-refractivity contribution is -0.132. The molecule has 0 N–H and O–H groups in total. The van der Waals surface area contributed by atoms with Crippen LogP contribution in [0.4, 0.5) is 0 Å². The van der Waals surface area contributed by atoms with E-state index in [0.29, 0.717) is 38.3 Å². The summed E-state index contributed by atoms with van der Waals surface area (Å²) in [5.74, 6) is 0.133. The van der Waals surface area contributed by atoms with Gasteiger partial charge in [0, 0.05) is 44.8 Å². The molecule has 1 aromatic heterocycles. The van der Waals surface area contributed by atoms with Crippen LogP contribution in [0.25, 0.3) is 5.69 Å². The van der Waals surface area contributed by atoms with Crippen LogP contribution in [0.15, 0.2) is 30.6 Å². The summed E-state index contributed by atoms with van der Waals surface area (Å²) in [6, 6.07) is 7.26. The van der Waals surface area contributed by atoms with Crippen molar-refractivity contribution >= 4 is 11.8 Å². The van der Waals surface area contributed by atoms with Crippen LogP contribution in [-0.4, -0.2) is 92.5 Å². The molecule has 9 nitrogen and oxygen atoms in total. The summed E-state index contributed by atoms with van der Waals surface area (Å²) in [7, 11) is 0. The number of benzene rings is 1. The van der Waals surface area contributed by atoms with Gasteiger partial charge in [-0.05, 0) is 42.5 Å². The molecule has 2 aromatic rings. The Morgan fingerprint density at radius 1 is 1.11 bits per heavy atom. The number of amides is 2. The SMILES string of the molecule is CCN(CC)C(=O)CN1CCN(C(=O)c2cccc(-n3cnnn3)c2)CC1. The zero-order valence-electron chi connectivity index (χ0n) is 15.8. The van der Waals surface area contributed by atoms with Gasteiger partial charge in [0.1, 0.15) is 6.33 Å². The van der Waals surface area contributed by atoms with Gasteiger partial charge in [-0.25, -0.2) is 4.68 Å². The molecule has 144 valence electrons. The lowest BCUT2D eigenvalue weighted by Gasteiger charge is -2.35. The van der Waals surface area contributed by atoms with Gasteiger partial charge in [-0.3, -0.25) is 14.5 Å². The minimum Gasteiger partial charge on any atom is -0.342 e. The summed E-state index contributed by atoms with van der Waals surface area (Å²) >= 11 is 0. The van der Waals surface area contributed by atoms with E-state index >= 15 is 0 Å². The zero-order valence-corrected chi connectivity index (χ0v) is 15.8. The summed E-state index contributed by atoms with van der Waals surface area (Å²) in [6.45, 7) is 8.47. The van der Waals surface area contributed by atoms with Crippen LogP contribution >= 0.6 is 0 Å². The van der Waals surface area contributed by atoms with Gasteiger partial charge in [-0.2, -0.15) is 0 Å². The van der Waals surface area contributed by atoms with E-state index in [4.69, 9.17) is 0 Å². The van der Waals surface area contributed by atoms with Crippen LogP contribution in [0.5, 0.6) is 0 Å². The number of rotatable bonds is 6. The number of hydrogen-bond donors (Lipinski definition) is 0. The molecule has 0 saturated carbocycles. The Balaban J connectivity index is 1.57. The summed E-state index contributed by atoms with van der Waals surface area (Å²) in [4.78, 5) is 30.8. The predicted molar refractivity (Wildman–Crippen MR) is 99.4 cm³/mol. The molecule has 2 amide bonds. The van der Waals surface area contributed by atoms with Gasteiger partial charge in [-0.1, -0.05) is 6.07 Å². The van der Waals surface area contributed by atoms with Gasteiger partial charge in [0.05, 0.1) is 12.2 Å². The molecule has 2 heterocycles. The molecular weight excluding hydrogens is 346 g/mol. The van der Waals surface area contributed by atoms with Gasteiger partial charge in [0.15, 0.2) is 0 Å². The van der Waals surface area contributed by atoms with Gasteiger partial charge in [0.2, 0.25) is 5.91 Å². The second kappa shape index (κ2) is 8.72. The summed E-state index contributed by atoms with van der Waals surface area (Å²) in [6.07, 6.45) is 1.50. The molecule has 27 heavy (non-hydrogen) atoms. The van der Waals surface area contributed by atoms with Crippen molar-refractivity contribution in [2.24, 2.45) is 0 Å². The molecule has 1 saturated heterocycles. The summed E-state index contributed by atoms with van der Waals surface area (Å²) < 4.78 is 1.52. The quantitative estimate of drug-likeness (QED) is 0.725. The van der Waals surface area contributed by atoms with E-state index in [9.17, 15) is 9.59 Å². The van der Waals surface area contributed by atoms with E-state index < -0.39 is 0 Å². The Bertz CT molecular complexity index is 766. The molecule has 0 bridgehead atoms. The fourth-order valence-electron chi connectivity index (χ4n) is 3.22. The number of piperazine rings is 1. The Morgan fingerprint density at radius 3 is 2.48 bits per heavy atom. The molecule has 9 heteroatoms. The van der Waals surface area contributed by atoms with Crippen molar-refractivity contribution in [2.45, 2.75) is 13.8 Å². The topological polar surface area (TPSA) is 87.5 Å². The van der Waals surface area contributed by atoms with Gasteiger partial charge in [-0.15, -0.1) is 5.10 Å². The highest BCUT2D eigenvalue weighted by atomic mass is 16.2.